The van der Waals surface area contributed by atoms with Crippen molar-refractivity contribution < 1.29 is 14.1 Å². The van der Waals surface area contributed by atoms with Crippen LogP contribution in [0.3, 0.4) is 0 Å². The highest BCUT2D eigenvalue weighted by molar-refractivity contribution is 5.97. The molecule has 7 heteroatoms. The highest BCUT2D eigenvalue weighted by atomic mass is 16.5. The van der Waals surface area contributed by atoms with Crippen molar-refractivity contribution in [2.75, 3.05) is 13.1 Å². The monoisotopic (exact) mass is 342 g/mol. The van der Waals surface area contributed by atoms with E-state index in [2.05, 4.69) is 15.5 Å². The van der Waals surface area contributed by atoms with Gasteiger partial charge in [0.15, 0.2) is 6.61 Å². The molecule has 1 N–H and O–H groups in total. The molecule has 3 heterocycles. The van der Waals surface area contributed by atoms with E-state index in [1.54, 1.807) is 6.92 Å². The zero-order valence-corrected chi connectivity index (χ0v) is 14.3. The van der Waals surface area contributed by atoms with E-state index in [0.717, 1.165) is 25.9 Å². The molecule has 0 aliphatic carbocycles. The number of amides is 1. The predicted octanol–water partition coefficient (Wildman–Crippen LogP) is 1.92. The Labute approximate surface area is 146 Å². The van der Waals surface area contributed by atoms with Crippen molar-refractivity contribution in [3.05, 3.63) is 41.5 Å². The Hall–Kier alpha value is -2.41. The molecule has 2 aromatic rings. The smallest absolute Gasteiger partial charge is 0.257 e. The zero-order valence-electron chi connectivity index (χ0n) is 14.3. The topological polar surface area (TPSA) is 80.5 Å². The largest absolute Gasteiger partial charge is 0.485 e. The van der Waals surface area contributed by atoms with E-state index in [-0.39, 0.29) is 12.5 Å². The summed E-state index contributed by atoms with van der Waals surface area (Å²) in [5.74, 6) is 1.54. The third-order valence-electron chi connectivity index (χ3n) is 4.85. The van der Waals surface area contributed by atoms with Crippen molar-refractivity contribution in [2.45, 2.75) is 44.9 Å². The quantitative estimate of drug-likeness (QED) is 0.914. The Morgan fingerprint density at radius 1 is 1.32 bits per heavy atom. The SMILES string of the molecule is Cc1nc(COc2ccccc2C(=O)N2CCC3CCC(C2)N3)no1. The maximum atomic E-state index is 13.0. The molecule has 25 heavy (non-hydrogen) atoms. The van der Waals surface area contributed by atoms with Crippen LogP contribution in [0.25, 0.3) is 0 Å². The van der Waals surface area contributed by atoms with Gasteiger partial charge < -0.3 is 19.5 Å². The second-order valence-electron chi connectivity index (χ2n) is 6.69. The number of likely N-dealkylation sites (tertiary alicyclic amines) is 1. The summed E-state index contributed by atoms with van der Waals surface area (Å²) in [5.41, 5.74) is 0.584. The minimum absolute atomic E-state index is 0.0224. The standard InChI is InChI=1S/C18H22N4O3/c1-12-19-17(21-25-12)11-24-16-5-3-2-4-15(16)18(23)22-9-8-13-6-7-14(10-22)20-13/h2-5,13-14,20H,6-11H2,1H3. The molecule has 1 aromatic carbocycles. The number of aryl methyl sites for hydroxylation is 1. The fraction of sp³-hybridized carbons (Fsp3) is 0.500. The van der Waals surface area contributed by atoms with Gasteiger partial charge in [-0.05, 0) is 31.4 Å². The summed E-state index contributed by atoms with van der Waals surface area (Å²) < 4.78 is 10.7. The van der Waals surface area contributed by atoms with Gasteiger partial charge in [-0.3, -0.25) is 4.79 Å². The van der Waals surface area contributed by atoms with Gasteiger partial charge in [-0.15, -0.1) is 0 Å². The maximum Gasteiger partial charge on any atom is 0.257 e. The summed E-state index contributed by atoms with van der Waals surface area (Å²) in [4.78, 5) is 19.1. The van der Waals surface area contributed by atoms with E-state index in [0.29, 0.717) is 35.1 Å². The van der Waals surface area contributed by atoms with Crippen molar-refractivity contribution in [1.29, 1.82) is 0 Å². The lowest BCUT2D eigenvalue weighted by Crippen LogP contribution is -2.39. The lowest BCUT2D eigenvalue weighted by atomic mass is 10.1. The van der Waals surface area contributed by atoms with E-state index < -0.39 is 0 Å². The van der Waals surface area contributed by atoms with Gasteiger partial charge >= 0.3 is 0 Å². The van der Waals surface area contributed by atoms with Crippen LogP contribution < -0.4 is 10.1 Å². The normalized spacial score (nSPS) is 22.7. The first kappa shape index (κ1) is 16.1. The number of para-hydroxylation sites is 1. The maximum absolute atomic E-state index is 13.0. The number of carbonyl (C=O) groups is 1. The lowest BCUT2D eigenvalue weighted by Gasteiger charge is -2.25. The van der Waals surface area contributed by atoms with Crippen molar-refractivity contribution in [3.63, 3.8) is 0 Å². The van der Waals surface area contributed by atoms with Crippen LogP contribution in [0.4, 0.5) is 0 Å². The van der Waals surface area contributed by atoms with Gasteiger partial charge in [0.2, 0.25) is 11.7 Å². The van der Waals surface area contributed by atoms with Gasteiger partial charge in [-0.2, -0.15) is 4.98 Å². The number of hydrogen-bond donors (Lipinski definition) is 1. The zero-order chi connectivity index (χ0) is 17.2. The molecule has 1 aromatic heterocycles. The van der Waals surface area contributed by atoms with Crippen LogP contribution in [-0.4, -0.2) is 46.1 Å². The van der Waals surface area contributed by atoms with Crippen LogP contribution >= 0.6 is 0 Å². The number of benzene rings is 1. The first-order valence-corrected chi connectivity index (χ1v) is 8.75. The Bertz CT molecular complexity index is 760. The third kappa shape index (κ3) is 3.51. The van der Waals surface area contributed by atoms with Gasteiger partial charge in [-0.25, -0.2) is 0 Å². The van der Waals surface area contributed by atoms with E-state index in [1.165, 1.54) is 6.42 Å². The van der Waals surface area contributed by atoms with Crippen molar-refractivity contribution >= 4 is 5.91 Å². The summed E-state index contributed by atoms with van der Waals surface area (Å²) in [7, 11) is 0. The number of nitrogens with zero attached hydrogens (tertiary/aromatic N) is 3. The second kappa shape index (κ2) is 6.84. The summed E-state index contributed by atoms with van der Waals surface area (Å²) in [6.07, 6.45) is 3.37. The number of aromatic nitrogens is 2. The molecule has 0 spiro atoms. The third-order valence-corrected chi connectivity index (χ3v) is 4.85. The Morgan fingerprint density at radius 2 is 2.16 bits per heavy atom. The molecule has 132 valence electrons. The average Bonchev–Trinajstić information content (AvgIpc) is 3.17. The molecule has 1 amide bonds. The van der Waals surface area contributed by atoms with Gasteiger partial charge in [0.05, 0.1) is 5.56 Å². The van der Waals surface area contributed by atoms with E-state index in [9.17, 15) is 4.79 Å². The minimum atomic E-state index is 0.0224. The van der Waals surface area contributed by atoms with E-state index in [1.807, 2.05) is 29.2 Å². The molecule has 2 saturated heterocycles. The average molecular weight is 342 g/mol. The first-order chi connectivity index (χ1) is 12.2. The molecule has 2 bridgehead atoms. The molecule has 2 fully saturated rings. The number of fused-ring (bicyclic) bond motifs is 2. The van der Waals surface area contributed by atoms with Crippen LogP contribution in [0.2, 0.25) is 0 Å². The molecule has 0 radical (unpaired) electrons. The van der Waals surface area contributed by atoms with E-state index >= 15 is 0 Å². The van der Waals surface area contributed by atoms with E-state index in [4.69, 9.17) is 9.26 Å². The van der Waals surface area contributed by atoms with Crippen LogP contribution in [0.15, 0.2) is 28.8 Å². The van der Waals surface area contributed by atoms with Crippen LogP contribution in [0.1, 0.15) is 41.3 Å². The van der Waals surface area contributed by atoms with Crippen LogP contribution in [-0.2, 0) is 6.61 Å². The molecule has 2 unspecified atom stereocenters. The Balaban J connectivity index is 1.48. The molecule has 2 atom stereocenters. The molecule has 0 saturated carbocycles. The van der Waals surface area contributed by atoms with Gasteiger partial charge in [0.1, 0.15) is 5.75 Å². The predicted molar refractivity (Wildman–Crippen MR) is 90.3 cm³/mol. The lowest BCUT2D eigenvalue weighted by molar-refractivity contribution is 0.0743. The summed E-state index contributed by atoms with van der Waals surface area (Å²) >= 11 is 0. The van der Waals surface area contributed by atoms with Gasteiger partial charge in [0, 0.05) is 32.1 Å². The Kier molecular flexibility index (Phi) is 4.40. The first-order valence-electron chi connectivity index (χ1n) is 8.75. The van der Waals surface area contributed by atoms with Crippen LogP contribution in [0, 0.1) is 6.92 Å². The number of carbonyl (C=O) groups excluding carboxylic acids is 1. The minimum Gasteiger partial charge on any atom is -0.485 e. The molecule has 4 rings (SSSR count). The van der Waals surface area contributed by atoms with Gasteiger partial charge in [-0.1, -0.05) is 17.3 Å². The molecule has 2 aliphatic heterocycles. The molecular weight excluding hydrogens is 320 g/mol. The molecular formula is C18H22N4O3. The highest BCUT2D eigenvalue weighted by Gasteiger charge is 2.32. The molecule has 7 nitrogen and oxygen atoms in total. The van der Waals surface area contributed by atoms with Crippen molar-refractivity contribution in [2.24, 2.45) is 0 Å². The number of ether oxygens (including phenoxy) is 1. The second-order valence-corrected chi connectivity index (χ2v) is 6.69. The van der Waals surface area contributed by atoms with Gasteiger partial charge in [0.25, 0.3) is 5.91 Å². The van der Waals surface area contributed by atoms with Crippen LogP contribution in [0.5, 0.6) is 5.75 Å². The summed E-state index contributed by atoms with van der Waals surface area (Å²) in [6.45, 7) is 3.45. The van der Waals surface area contributed by atoms with Crippen molar-refractivity contribution in [3.8, 4) is 5.75 Å². The fourth-order valence-electron chi connectivity index (χ4n) is 3.61. The number of nitrogens with one attached hydrogen (secondary N) is 1. The summed E-state index contributed by atoms with van der Waals surface area (Å²) in [5, 5.41) is 7.42. The van der Waals surface area contributed by atoms with Crippen molar-refractivity contribution in [1.82, 2.24) is 20.4 Å². The highest BCUT2D eigenvalue weighted by Crippen LogP contribution is 2.25. The molecule has 2 aliphatic rings. The number of rotatable bonds is 4. The Morgan fingerprint density at radius 3 is 3.00 bits per heavy atom. The number of hydrogen-bond acceptors (Lipinski definition) is 6. The summed E-state index contributed by atoms with van der Waals surface area (Å²) in [6, 6.07) is 8.31. The fourth-order valence-corrected chi connectivity index (χ4v) is 3.61.